The third-order valence-electron chi connectivity index (χ3n) is 5.24. The van der Waals surface area contributed by atoms with Crippen LogP contribution >= 0.6 is 11.6 Å². The third kappa shape index (κ3) is 2.84. The molecule has 6 nitrogen and oxygen atoms in total. The van der Waals surface area contributed by atoms with Gasteiger partial charge in [-0.1, -0.05) is 23.7 Å². The molecule has 3 heterocycles. The van der Waals surface area contributed by atoms with Gasteiger partial charge < -0.3 is 19.7 Å². The van der Waals surface area contributed by atoms with Gasteiger partial charge >= 0.3 is 0 Å². The van der Waals surface area contributed by atoms with Crippen molar-refractivity contribution in [3.8, 4) is 11.4 Å². The number of aliphatic hydroxyl groups excluding tert-OH is 2. The number of aryl methyl sites for hydroxylation is 1. The highest BCUT2D eigenvalue weighted by molar-refractivity contribution is 6.33. The first-order valence-electron chi connectivity index (χ1n) is 8.66. The lowest BCUT2D eigenvalue weighted by atomic mass is 9.98. The van der Waals surface area contributed by atoms with Crippen molar-refractivity contribution in [3.63, 3.8) is 0 Å². The Morgan fingerprint density at radius 3 is 2.50 bits per heavy atom. The summed E-state index contributed by atoms with van der Waals surface area (Å²) in [6.07, 6.45) is 1.64. The average molecular weight is 373 g/mol. The molecule has 1 unspecified atom stereocenters. The van der Waals surface area contributed by atoms with Crippen LogP contribution in [-0.4, -0.2) is 51.1 Å². The lowest BCUT2D eigenvalue weighted by Gasteiger charge is -2.18. The van der Waals surface area contributed by atoms with E-state index in [-0.39, 0.29) is 25.0 Å². The Balaban J connectivity index is 1.74. The van der Waals surface area contributed by atoms with Gasteiger partial charge in [-0.25, -0.2) is 9.97 Å². The number of pyridine rings is 1. The predicted molar refractivity (Wildman–Crippen MR) is 102 cm³/mol. The molecule has 0 aliphatic carbocycles. The van der Waals surface area contributed by atoms with Gasteiger partial charge in [0.05, 0.1) is 16.1 Å². The Hall–Kier alpha value is -2.15. The minimum absolute atomic E-state index is 0.0525. The summed E-state index contributed by atoms with van der Waals surface area (Å²) in [6, 6.07) is 9.90. The van der Waals surface area contributed by atoms with Crippen molar-refractivity contribution in [1.82, 2.24) is 14.5 Å². The Bertz CT molecular complexity index is 930. The molecular formula is C19H21ClN4O2. The molecule has 0 amide bonds. The molecule has 7 heteroatoms. The van der Waals surface area contributed by atoms with Gasteiger partial charge in [0.1, 0.15) is 11.6 Å². The number of hydrogen-bond acceptors (Lipinski definition) is 5. The van der Waals surface area contributed by atoms with Crippen LogP contribution in [0, 0.1) is 11.8 Å². The van der Waals surface area contributed by atoms with Crippen LogP contribution in [0.5, 0.6) is 0 Å². The maximum absolute atomic E-state index is 9.53. The molecule has 2 N–H and O–H groups in total. The molecular weight excluding hydrogens is 352 g/mol. The van der Waals surface area contributed by atoms with Crippen molar-refractivity contribution in [3.05, 3.63) is 41.6 Å². The molecule has 2 atom stereocenters. The SMILES string of the molecule is Cn1c(-c2cc(N3CC(CO)[C@@H](CO)C3)ncc2Cl)nc2ccccc21. The van der Waals surface area contributed by atoms with Crippen LogP contribution in [0.1, 0.15) is 0 Å². The fourth-order valence-corrected chi connectivity index (χ4v) is 3.89. The number of hydrogen-bond donors (Lipinski definition) is 2. The molecule has 1 aliphatic rings. The van der Waals surface area contributed by atoms with E-state index in [2.05, 4.69) is 9.88 Å². The van der Waals surface area contributed by atoms with E-state index in [0.29, 0.717) is 18.1 Å². The molecule has 0 radical (unpaired) electrons. The van der Waals surface area contributed by atoms with Gasteiger partial charge in [-0.2, -0.15) is 0 Å². The maximum Gasteiger partial charge on any atom is 0.142 e. The van der Waals surface area contributed by atoms with Crippen LogP contribution in [0.3, 0.4) is 0 Å². The van der Waals surface area contributed by atoms with E-state index in [1.165, 1.54) is 0 Å². The standard InChI is InChI=1S/C19H21ClN4O2/c1-23-17-5-3-2-4-16(17)22-19(23)14-6-18(21-7-15(14)20)24-8-12(10-25)13(9-24)11-26/h2-7,12-13,25-26H,8-11H2,1H3/t12-,13?/m1/s1. The number of imidazole rings is 1. The van der Waals surface area contributed by atoms with Gasteiger partial charge in [0.25, 0.3) is 0 Å². The molecule has 1 aliphatic heterocycles. The molecule has 1 aromatic carbocycles. The lowest BCUT2D eigenvalue weighted by Crippen LogP contribution is -2.21. The van der Waals surface area contributed by atoms with Crippen molar-refractivity contribution >= 4 is 28.5 Å². The Morgan fingerprint density at radius 1 is 1.15 bits per heavy atom. The van der Waals surface area contributed by atoms with E-state index in [1.807, 2.05) is 41.9 Å². The highest BCUT2D eigenvalue weighted by Gasteiger charge is 2.32. The number of aromatic nitrogens is 3. The number of halogens is 1. The van der Waals surface area contributed by atoms with Crippen molar-refractivity contribution in [2.24, 2.45) is 18.9 Å². The topological polar surface area (TPSA) is 74.4 Å². The molecule has 0 bridgehead atoms. The first-order chi connectivity index (χ1) is 12.6. The summed E-state index contributed by atoms with van der Waals surface area (Å²) in [6.45, 7) is 1.45. The molecule has 2 aromatic heterocycles. The molecule has 3 aromatic rings. The smallest absolute Gasteiger partial charge is 0.142 e. The van der Waals surface area contributed by atoms with Crippen LogP contribution in [-0.2, 0) is 7.05 Å². The first-order valence-corrected chi connectivity index (χ1v) is 9.04. The summed E-state index contributed by atoms with van der Waals surface area (Å²) in [5, 5.41) is 19.6. The van der Waals surface area contributed by atoms with Gasteiger partial charge in [-0.05, 0) is 18.2 Å². The second kappa shape index (κ2) is 6.87. The summed E-state index contributed by atoms with van der Waals surface area (Å²) < 4.78 is 2.03. The zero-order chi connectivity index (χ0) is 18.3. The van der Waals surface area contributed by atoms with Gasteiger partial charge in [-0.3, -0.25) is 0 Å². The van der Waals surface area contributed by atoms with Crippen molar-refractivity contribution in [2.75, 3.05) is 31.2 Å². The maximum atomic E-state index is 9.53. The minimum atomic E-state index is 0.0525. The molecule has 136 valence electrons. The quantitative estimate of drug-likeness (QED) is 0.735. The average Bonchev–Trinajstić information content (AvgIpc) is 3.23. The number of para-hydroxylation sites is 2. The van der Waals surface area contributed by atoms with Gasteiger partial charge in [0.2, 0.25) is 0 Å². The summed E-state index contributed by atoms with van der Waals surface area (Å²) in [5.41, 5.74) is 2.78. The molecule has 4 rings (SSSR count). The fourth-order valence-electron chi connectivity index (χ4n) is 3.70. The van der Waals surface area contributed by atoms with E-state index >= 15 is 0 Å². The largest absolute Gasteiger partial charge is 0.396 e. The minimum Gasteiger partial charge on any atom is -0.396 e. The lowest BCUT2D eigenvalue weighted by molar-refractivity contribution is 0.152. The summed E-state index contributed by atoms with van der Waals surface area (Å²) >= 11 is 6.43. The van der Waals surface area contributed by atoms with Gasteiger partial charge in [0, 0.05) is 56.9 Å². The van der Waals surface area contributed by atoms with Crippen molar-refractivity contribution < 1.29 is 10.2 Å². The molecule has 1 fully saturated rings. The van der Waals surface area contributed by atoms with Crippen molar-refractivity contribution in [1.29, 1.82) is 0 Å². The monoisotopic (exact) mass is 372 g/mol. The zero-order valence-corrected chi connectivity index (χ0v) is 15.3. The van der Waals surface area contributed by atoms with Crippen LogP contribution in [0.2, 0.25) is 5.02 Å². The number of benzene rings is 1. The number of nitrogens with zero attached hydrogens (tertiary/aromatic N) is 4. The number of rotatable bonds is 4. The third-order valence-corrected chi connectivity index (χ3v) is 5.54. The number of fused-ring (bicyclic) bond motifs is 1. The first kappa shape index (κ1) is 17.3. The van der Waals surface area contributed by atoms with E-state index < -0.39 is 0 Å². The van der Waals surface area contributed by atoms with Gasteiger partial charge in [0.15, 0.2) is 0 Å². The Morgan fingerprint density at radius 2 is 1.85 bits per heavy atom. The normalized spacial score (nSPS) is 20.2. The zero-order valence-electron chi connectivity index (χ0n) is 14.5. The molecule has 26 heavy (non-hydrogen) atoms. The highest BCUT2D eigenvalue weighted by atomic mass is 35.5. The summed E-state index contributed by atoms with van der Waals surface area (Å²) in [7, 11) is 1.97. The van der Waals surface area contributed by atoms with E-state index in [9.17, 15) is 10.2 Å². The second-order valence-corrected chi connectivity index (χ2v) is 7.20. The highest BCUT2D eigenvalue weighted by Crippen LogP contribution is 2.34. The number of anilines is 1. The molecule has 1 saturated heterocycles. The van der Waals surface area contributed by atoms with Gasteiger partial charge in [-0.15, -0.1) is 0 Å². The van der Waals surface area contributed by atoms with Crippen LogP contribution in [0.15, 0.2) is 36.5 Å². The van der Waals surface area contributed by atoms with E-state index in [1.54, 1.807) is 6.20 Å². The predicted octanol–water partition coefficient (Wildman–Crippen LogP) is 2.33. The summed E-state index contributed by atoms with van der Waals surface area (Å²) in [5.74, 6) is 1.68. The van der Waals surface area contributed by atoms with E-state index in [4.69, 9.17) is 16.6 Å². The fraction of sp³-hybridized carbons (Fsp3) is 0.368. The number of aliphatic hydroxyl groups is 2. The second-order valence-electron chi connectivity index (χ2n) is 6.80. The summed E-state index contributed by atoms with van der Waals surface area (Å²) in [4.78, 5) is 11.3. The van der Waals surface area contributed by atoms with Crippen molar-refractivity contribution in [2.45, 2.75) is 0 Å². The van der Waals surface area contributed by atoms with Crippen LogP contribution in [0.4, 0.5) is 5.82 Å². The Kier molecular flexibility index (Phi) is 4.56. The molecule has 0 spiro atoms. The van der Waals surface area contributed by atoms with Crippen LogP contribution in [0.25, 0.3) is 22.4 Å². The van der Waals surface area contributed by atoms with E-state index in [0.717, 1.165) is 28.2 Å². The van der Waals surface area contributed by atoms with Crippen LogP contribution < -0.4 is 4.90 Å². The Labute approximate surface area is 156 Å². The molecule has 0 saturated carbocycles.